The summed E-state index contributed by atoms with van der Waals surface area (Å²) in [6.07, 6.45) is 6.84. The molecule has 0 saturated carbocycles. The molecule has 1 heterocycles. The molecule has 0 aromatic heterocycles. The van der Waals surface area contributed by atoms with Gasteiger partial charge in [-0.25, -0.2) is 0 Å². The van der Waals surface area contributed by atoms with Crippen molar-refractivity contribution in [3.8, 4) is 0 Å². The third-order valence-corrected chi connectivity index (χ3v) is 0.718. The van der Waals surface area contributed by atoms with E-state index < -0.39 is 0 Å². The molecule has 1 aliphatic rings. The highest BCUT2D eigenvalue weighted by atomic mass is 14.8. The number of allylic oxidation sites excluding steroid dienone is 3. The Morgan fingerprint density at radius 1 is 1.29 bits per heavy atom. The molecule has 0 aromatic rings. The van der Waals surface area contributed by atoms with E-state index in [0.717, 1.165) is 0 Å². The van der Waals surface area contributed by atoms with Gasteiger partial charge in [-0.15, -0.1) is 0 Å². The molecule has 34 valence electrons. The predicted octanol–water partition coefficient (Wildman–Crippen LogP) is 0.853. The smallest absolute Gasteiger partial charge is 0.00106 e. The summed E-state index contributed by atoms with van der Waals surface area (Å²) in [6.45, 7) is 6.98. The SMILES string of the molecule is [C]=C1C=CNC=C1. The van der Waals surface area contributed by atoms with Crippen molar-refractivity contribution in [2.75, 3.05) is 0 Å². The molecule has 1 heteroatoms. The molecule has 1 rings (SSSR count). The van der Waals surface area contributed by atoms with Crippen LogP contribution >= 0.6 is 0 Å². The molecule has 1 aliphatic heterocycles. The Morgan fingerprint density at radius 3 is 2.14 bits per heavy atom. The summed E-state index contributed by atoms with van der Waals surface area (Å²) in [4.78, 5) is 0. The van der Waals surface area contributed by atoms with Gasteiger partial charge in [-0.1, -0.05) is 0 Å². The number of hydrogen-bond acceptors (Lipinski definition) is 1. The fourth-order valence-electron chi connectivity index (χ4n) is 0.387. The van der Waals surface area contributed by atoms with E-state index in [2.05, 4.69) is 5.32 Å². The van der Waals surface area contributed by atoms with Gasteiger partial charge >= 0.3 is 0 Å². The van der Waals surface area contributed by atoms with Crippen LogP contribution in [0.1, 0.15) is 0 Å². The molecule has 0 atom stereocenters. The fourth-order valence-corrected chi connectivity index (χ4v) is 0.387. The van der Waals surface area contributed by atoms with Crippen LogP contribution in [0.3, 0.4) is 0 Å². The Balaban J connectivity index is 2.66. The Labute approximate surface area is 43.0 Å². The third kappa shape index (κ3) is 0.929. The first-order valence-electron chi connectivity index (χ1n) is 2.07. The van der Waals surface area contributed by atoms with Crippen molar-refractivity contribution in [1.29, 1.82) is 0 Å². The van der Waals surface area contributed by atoms with Crippen molar-refractivity contribution < 1.29 is 0 Å². The maximum absolute atomic E-state index is 6.98. The molecule has 2 radical (unpaired) electrons. The monoisotopic (exact) mass is 91.0 g/mol. The maximum Gasteiger partial charge on any atom is 0.00106 e. The highest BCUT2D eigenvalue weighted by Gasteiger charge is 1.82. The summed E-state index contributed by atoms with van der Waals surface area (Å²) in [5.74, 6) is 0. The van der Waals surface area contributed by atoms with Crippen LogP contribution in [0.4, 0.5) is 0 Å². The average molecular weight is 91.1 g/mol. The molecule has 0 unspecified atom stereocenters. The van der Waals surface area contributed by atoms with Crippen LogP contribution in [0.15, 0.2) is 30.1 Å². The minimum absolute atomic E-state index is 0.541. The predicted molar refractivity (Wildman–Crippen MR) is 28.2 cm³/mol. The molecule has 0 bridgehead atoms. The van der Waals surface area contributed by atoms with Crippen molar-refractivity contribution in [3.63, 3.8) is 0 Å². The van der Waals surface area contributed by atoms with Gasteiger partial charge in [0.25, 0.3) is 0 Å². The maximum atomic E-state index is 6.98. The summed E-state index contributed by atoms with van der Waals surface area (Å²) in [6, 6.07) is 0. The van der Waals surface area contributed by atoms with Gasteiger partial charge in [0.15, 0.2) is 0 Å². The summed E-state index contributed by atoms with van der Waals surface area (Å²) in [5.41, 5.74) is 0.541. The minimum atomic E-state index is 0.541. The van der Waals surface area contributed by atoms with Crippen molar-refractivity contribution in [2.45, 2.75) is 0 Å². The molecular formula is C6H5N. The summed E-state index contributed by atoms with van der Waals surface area (Å²) >= 11 is 0. The topological polar surface area (TPSA) is 12.0 Å². The Morgan fingerprint density at radius 2 is 1.86 bits per heavy atom. The van der Waals surface area contributed by atoms with Gasteiger partial charge in [0.05, 0.1) is 0 Å². The standard InChI is InChI=1S/C6H5N/c1-6-2-4-7-5-3-6/h2-5,7H. The lowest BCUT2D eigenvalue weighted by Gasteiger charge is -1.95. The summed E-state index contributed by atoms with van der Waals surface area (Å²) in [7, 11) is 0. The molecule has 1 nitrogen and oxygen atoms in total. The van der Waals surface area contributed by atoms with E-state index in [1.807, 2.05) is 0 Å². The van der Waals surface area contributed by atoms with Crippen LogP contribution in [0, 0.1) is 6.58 Å². The Kier molecular flexibility index (Phi) is 0.984. The van der Waals surface area contributed by atoms with Gasteiger partial charge in [-0.05, 0) is 24.3 Å². The molecule has 0 spiro atoms. The molecule has 0 saturated heterocycles. The van der Waals surface area contributed by atoms with Crippen LogP contribution in [0.2, 0.25) is 0 Å². The van der Waals surface area contributed by atoms with Gasteiger partial charge in [0, 0.05) is 12.4 Å². The summed E-state index contributed by atoms with van der Waals surface area (Å²) in [5, 5.41) is 2.81. The second-order valence-electron chi connectivity index (χ2n) is 1.29. The summed E-state index contributed by atoms with van der Waals surface area (Å²) < 4.78 is 0. The third-order valence-electron chi connectivity index (χ3n) is 0.718. The molecule has 0 fully saturated rings. The van der Waals surface area contributed by atoms with E-state index in [-0.39, 0.29) is 0 Å². The lowest BCUT2D eigenvalue weighted by Crippen LogP contribution is -1.95. The van der Waals surface area contributed by atoms with Gasteiger partial charge in [0.1, 0.15) is 0 Å². The van der Waals surface area contributed by atoms with E-state index in [0.29, 0.717) is 5.57 Å². The van der Waals surface area contributed by atoms with Crippen LogP contribution in [0.5, 0.6) is 0 Å². The van der Waals surface area contributed by atoms with Crippen LogP contribution in [0.25, 0.3) is 0 Å². The Bertz CT molecular complexity index is 117. The lowest BCUT2D eigenvalue weighted by molar-refractivity contribution is 1.17. The van der Waals surface area contributed by atoms with E-state index in [9.17, 15) is 0 Å². The van der Waals surface area contributed by atoms with E-state index in [1.54, 1.807) is 24.6 Å². The van der Waals surface area contributed by atoms with Crippen molar-refractivity contribution >= 4 is 0 Å². The Hall–Kier alpha value is -0.980. The molecule has 7 heavy (non-hydrogen) atoms. The lowest BCUT2D eigenvalue weighted by atomic mass is 10.3. The second-order valence-corrected chi connectivity index (χ2v) is 1.29. The first-order chi connectivity index (χ1) is 3.39. The van der Waals surface area contributed by atoms with E-state index in [1.165, 1.54) is 0 Å². The highest BCUT2D eigenvalue weighted by molar-refractivity contribution is 5.28. The van der Waals surface area contributed by atoms with E-state index in [4.69, 9.17) is 6.58 Å². The zero-order chi connectivity index (χ0) is 5.11. The van der Waals surface area contributed by atoms with Gasteiger partial charge in [-0.2, -0.15) is 0 Å². The van der Waals surface area contributed by atoms with Crippen molar-refractivity contribution in [3.05, 3.63) is 36.7 Å². The normalized spacial score (nSPS) is 16.9. The van der Waals surface area contributed by atoms with Gasteiger partial charge in [-0.3, -0.25) is 0 Å². The first-order valence-corrected chi connectivity index (χ1v) is 2.07. The second kappa shape index (κ2) is 1.65. The number of nitrogens with one attached hydrogen (secondary N) is 1. The fraction of sp³-hybridized carbons (Fsp3) is 0. The van der Waals surface area contributed by atoms with Crippen LogP contribution in [-0.4, -0.2) is 0 Å². The largest absolute Gasteiger partial charge is 0.368 e. The zero-order valence-electron chi connectivity index (χ0n) is 3.81. The molecule has 1 N–H and O–H groups in total. The number of rotatable bonds is 0. The number of dihydropyridines is 1. The highest BCUT2D eigenvalue weighted by Crippen LogP contribution is 1.95. The minimum Gasteiger partial charge on any atom is -0.368 e. The van der Waals surface area contributed by atoms with Crippen molar-refractivity contribution in [2.24, 2.45) is 0 Å². The number of hydrogen-bond donors (Lipinski definition) is 1. The first kappa shape index (κ1) is 4.19. The zero-order valence-corrected chi connectivity index (χ0v) is 3.81. The van der Waals surface area contributed by atoms with Crippen LogP contribution < -0.4 is 5.32 Å². The molecule has 0 aliphatic carbocycles. The van der Waals surface area contributed by atoms with Gasteiger partial charge < -0.3 is 5.32 Å². The molecular weight excluding hydrogens is 86.1 g/mol. The van der Waals surface area contributed by atoms with Gasteiger partial charge in [0.2, 0.25) is 0 Å². The average Bonchev–Trinajstić information content (AvgIpc) is 1.69. The molecule has 0 aromatic carbocycles. The van der Waals surface area contributed by atoms with Crippen molar-refractivity contribution in [1.82, 2.24) is 5.32 Å². The quantitative estimate of drug-likeness (QED) is 0.466. The molecule has 0 amide bonds. The van der Waals surface area contributed by atoms with E-state index >= 15 is 0 Å². The van der Waals surface area contributed by atoms with Crippen LogP contribution in [-0.2, 0) is 0 Å².